The first-order chi connectivity index (χ1) is 8.54. The van der Waals surface area contributed by atoms with Crippen LogP contribution in [0.15, 0.2) is 6.20 Å². The second-order valence-corrected chi connectivity index (χ2v) is 5.54. The largest absolute Gasteiger partial charge is 0.480 e. The number of amides is 1. The number of nitrogens with one attached hydrogen (secondary N) is 1. The van der Waals surface area contributed by atoms with E-state index in [4.69, 9.17) is 5.11 Å². The molecule has 1 aliphatic rings. The summed E-state index contributed by atoms with van der Waals surface area (Å²) >= 11 is 1.76. The minimum absolute atomic E-state index is 0.146. The highest BCUT2D eigenvalue weighted by molar-refractivity contribution is 8.00. The smallest absolute Gasteiger partial charge is 0.325 e. The maximum atomic E-state index is 11.8. The maximum absolute atomic E-state index is 11.8. The van der Waals surface area contributed by atoms with Gasteiger partial charge in [0.1, 0.15) is 6.54 Å². The molecule has 18 heavy (non-hydrogen) atoms. The molecule has 0 atom stereocenters. The number of aliphatic carboxylic acids is 1. The summed E-state index contributed by atoms with van der Waals surface area (Å²) in [4.78, 5) is 22.2. The molecule has 2 rings (SSSR count). The predicted octanol–water partition coefficient (Wildman–Crippen LogP) is -0.0119. The molecule has 1 fully saturated rings. The molecule has 0 bridgehead atoms. The standard InChI is InChI=1S/C10H14N4O3S/c1-18-10(2-3-10)6-11-9(17)7-4-14(13-12-7)5-8(15)16/h4H,2-3,5-6H2,1H3,(H,11,17)(H,15,16). The van der Waals surface area contributed by atoms with Crippen LogP contribution in [0.5, 0.6) is 0 Å². The Morgan fingerprint density at radius 2 is 2.33 bits per heavy atom. The number of carboxylic acids is 1. The quantitative estimate of drug-likeness (QED) is 0.754. The van der Waals surface area contributed by atoms with Crippen molar-refractivity contribution in [3.8, 4) is 0 Å². The zero-order chi connectivity index (χ0) is 13.2. The van der Waals surface area contributed by atoms with Gasteiger partial charge in [-0.05, 0) is 19.1 Å². The number of hydrogen-bond acceptors (Lipinski definition) is 5. The summed E-state index contributed by atoms with van der Waals surface area (Å²) in [5, 5.41) is 18.6. The molecule has 0 unspecified atom stereocenters. The number of rotatable bonds is 6. The summed E-state index contributed by atoms with van der Waals surface area (Å²) in [6, 6.07) is 0. The Bertz CT molecular complexity index is 469. The Balaban J connectivity index is 1.88. The van der Waals surface area contributed by atoms with Crippen molar-refractivity contribution in [3.63, 3.8) is 0 Å². The van der Waals surface area contributed by atoms with E-state index in [1.165, 1.54) is 6.20 Å². The lowest BCUT2D eigenvalue weighted by Gasteiger charge is -2.11. The minimum Gasteiger partial charge on any atom is -0.480 e. The number of carbonyl (C=O) groups is 2. The normalized spacial score (nSPS) is 16.3. The van der Waals surface area contributed by atoms with Gasteiger partial charge in [-0.2, -0.15) is 11.8 Å². The number of carbonyl (C=O) groups excluding carboxylic acids is 1. The fourth-order valence-corrected chi connectivity index (χ4v) is 2.27. The molecule has 1 aromatic heterocycles. The molecular formula is C10H14N4O3S. The zero-order valence-corrected chi connectivity index (χ0v) is 10.7. The van der Waals surface area contributed by atoms with Gasteiger partial charge in [0.25, 0.3) is 5.91 Å². The van der Waals surface area contributed by atoms with Crippen LogP contribution in [0.3, 0.4) is 0 Å². The summed E-state index contributed by atoms with van der Waals surface area (Å²) in [6.45, 7) is 0.313. The summed E-state index contributed by atoms with van der Waals surface area (Å²) < 4.78 is 1.31. The summed E-state index contributed by atoms with van der Waals surface area (Å²) in [6.07, 6.45) is 5.59. The third-order valence-corrected chi connectivity index (χ3v) is 4.30. The second-order valence-electron chi connectivity index (χ2n) is 4.26. The monoisotopic (exact) mass is 270 g/mol. The average molecular weight is 270 g/mol. The Hall–Kier alpha value is -1.57. The summed E-state index contributed by atoms with van der Waals surface area (Å²) in [5.74, 6) is -1.34. The molecule has 8 heteroatoms. The predicted molar refractivity (Wildman–Crippen MR) is 65.5 cm³/mol. The van der Waals surface area contributed by atoms with Crippen molar-refractivity contribution in [1.29, 1.82) is 0 Å². The molecule has 1 amide bonds. The van der Waals surface area contributed by atoms with Crippen molar-refractivity contribution in [1.82, 2.24) is 20.3 Å². The first-order valence-electron chi connectivity index (χ1n) is 5.50. The van der Waals surface area contributed by atoms with Crippen molar-refractivity contribution in [2.45, 2.75) is 24.1 Å². The van der Waals surface area contributed by atoms with Gasteiger partial charge in [-0.3, -0.25) is 9.59 Å². The lowest BCUT2D eigenvalue weighted by Crippen LogP contribution is -2.31. The number of carboxylic acid groups (broad SMARTS) is 1. The Labute approximate surface area is 108 Å². The van der Waals surface area contributed by atoms with Crippen LogP contribution in [-0.2, 0) is 11.3 Å². The average Bonchev–Trinajstić information content (AvgIpc) is 2.98. The van der Waals surface area contributed by atoms with E-state index in [-0.39, 0.29) is 22.9 Å². The Morgan fingerprint density at radius 1 is 1.61 bits per heavy atom. The maximum Gasteiger partial charge on any atom is 0.325 e. The van der Waals surface area contributed by atoms with Crippen LogP contribution in [0.25, 0.3) is 0 Å². The van der Waals surface area contributed by atoms with Crippen LogP contribution in [0.1, 0.15) is 23.3 Å². The lowest BCUT2D eigenvalue weighted by atomic mass is 10.3. The van der Waals surface area contributed by atoms with Crippen LogP contribution in [0, 0.1) is 0 Å². The molecule has 2 N–H and O–H groups in total. The van der Waals surface area contributed by atoms with Crippen LogP contribution in [0.2, 0.25) is 0 Å². The molecule has 1 aliphatic carbocycles. The topological polar surface area (TPSA) is 97.1 Å². The fourth-order valence-electron chi connectivity index (χ4n) is 1.54. The first kappa shape index (κ1) is 12.9. The van der Waals surface area contributed by atoms with Crippen LogP contribution in [0.4, 0.5) is 0 Å². The molecule has 1 saturated carbocycles. The zero-order valence-electron chi connectivity index (χ0n) is 9.92. The molecule has 98 valence electrons. The summed E-state index contributed by atoms with van der Waals surface area (Å²) in [5.41, 5.74) is 0.146. The van der Waals surface area contributed by atoms with Gasteiger partial charge in [0, 0.05) is 11.3 Å². The van der Waals surface area contributed by atoms with Gasteiger partial charge < -0.3 is 10.4 Å². The van der Waals surface area contributed by atoms with Crippen molar-refractivity contribution < 1.29 is 14.7 Å². The molecule has 0 spiro atoms. The minimum atomic E-state index is -1.02. The van der Waals surface area contributed by atoms with E-state index >= 15 is 0 Å². The van der Waals surface area contributed by atoms with E-state index in [0.717, 1.165) is 17.5 Å². The highest BCUT2D eigenvalue weighted by atomic mass is 32.2. The molecular weight excluding hydrogens is 256 g/mol. The van der Waals surface area contributed by atoms with Gasteiger partial charge in [-0.1, -0.05) is 5.21 Å². The van der Waals surface area contributed by atoms with Gasteiger partial charge in [-0.15, -0.1) is 5.10 Å². The van der Waals surface area contributed by atoms with E-state index in [2.05, 4.69) is 15.6 Å². The van der Waals surface area contributed by atoms with Crippen molar-refractivity contribution >= 4 is 23.6 Å². The first-order valence-corrected chi connectivity index (χ1v) is 6.72. The van der Waals surface area contributed by atoms with Gasteiger partial charge in [0.05, 0.1) is 6.20 Å². The molecule has 7 nitrogen and oxygen atoms in total. The fraction of sp³-hybridized carbons (Fsp3) is 0.600. The van der Waals surface area contributed by atoms with Gasteiger partial charge in [0.2, 0.25) is 0 Å². The molecule has 0 aliphatic heterocycles. The van der Waals surface area contributed by atoms with Gasteiger partial charge >= 0.3 is 5.97 Å². The number of aromatic nitrogens is 3. The van der Waals surface area contributed by atoms with Crippen molar-refractivity contribution in [2.24, 2.45) is 0 Å². The number of nitrogens with zero attached hydrogens (tertiary/aromatic N) is 3. The van der Waals surface area contributed by atoms with E-state index in [0.29, 0.717) is 6.54 Å². The van der Waals surface area contributed by atoms with E-state index in [1.807, 2.05) is 6.26 Å². The SMILES string of the molecule is CSC1(CNC(=O)c2cn(CC(=O)O)nn2)CC1. The second kappa shape index (κ2) is 4.97. The van der Waals surface area contributed by atoms with E-state index in [9.17, 15) is 9.59 Å². The number of thioether (sulfide) groups is 1. The van der Waals surface area contributed by atoms with Crippen molar-refractivity contribution in [3.05, 3.63) is 11.9 Å². The molecule has 0 aromatic carbocycles. The van der Waals surface area contributed by atoms with Crippen LogP contribution < -0.4 is 5.32 Å². The third kappa shape index (κ3) is 3.00. The lowest BCUT2D eigenvalue weighted by molar-refractivity contribution is -0.137. The highest BCUT2D eigenvalue weighted by Crippen LogP contribution is 2.46. The van der Waals surface area contributed by atoms with E-state index < -0.39 is 5.97 Å². The molecule has 1 aromatic rings. The van der Waals surface area contributed by atoms with Crippen LogP contribution in [-0.4, -0.2) is 49.5 Å². The number of hydrogen-bond donors (Lipinski definition) is 2. The molecule has 0 radical (unpaired) electrons. The highest BCUT2D eigenvalue weighted by Gasteiger charge is 2.42. The summed E-state index contributed by atoms with van der Waals surface area (Å²) in [7, 11) is 0. The van der Waals surface area contributed by atoms with Crippen LogP contribution >= 0.6 is 11.8 Å². The van der Waals surface area contributed by atoms with Gasteiger partial charge in [0.15, 0.2) is 5.69 Å². The molecule has 1 heterocycles. The van der Waals surface area contributed by atoms with Crippen molar-refractivity contribution in [2.75, 3.05) is 12.8 Å². The van der Waals surface area contributed by atoms with Gasteiger partial charge in [-0.25, -0.2) is 4.68 Å². The Morgan fingerprint density at radius 3 is 2.89 bits per heavy atom. The Kier molecular flexibility index (Phi) is 3.55. The third-order valence-electron chi connectivity index (χ3n) is 2.88. The van der Waals surface area contributed by atoms with E-state index in [1.54, 1.807) is 11.8 Å². The molecule has 0 saturated heterocycles.